The van der Waals surface area contributed by atoms with E-state index < -0.39 is 0 Å². The molecule has 9 nitrogen and oxygen atoms in total. The molecule has 0 spiro atoms. The average Bonchev–Trinajstić information content (AvgIpc) is 3.29. The van der Waals surface area contributed by atoms with Gasteiger partial charge in [0, 0.05) is 37.2 Å². The number of nitrogens with zero attached hydrogens (tertiary/aromatic N) is 3. The molecular weight excluding hydrogens is 414 g/mol. The van der Waals surface area contributed by atoms with Crippen LogP contribution in [0.1, 0.15) is 0 Å². The second-order valence-electron chi connectivity index (χ2n) is 3.92. The van der Waals surface area contributed by atoms with Crippen LogP contribution in [-0.4, -0.2) is 80.7 Å². The number of aromatic amines is 1. The molecule has 0 aromatic carbocycles. The quantitative estimate of drug-likeness (QED) is 0.201. The molecule has 0 radical (unpaired) electrons. The molecule has 2 aromatic rings. The van der Waals surface area contributed by atoms with Gasteiger partial charge in [0.15, 0.2) is 0 Å². The minimum Gasteiger partial charge on any atom is -1.00 e. The van der Waals surface area contributed by atoms with Crippen LogP contribution >= 0.6 is 11.6 Å². The third-order valence-corrected chi connectivity index (χ3v) is 2.31. The Kier molecular flexibility index (Phi) is 39.4. The van der Waals surface area contributed by atoms with Crippen LogP contribution in [0.15, 0.2) is 37.4 Å². The Balaban J connectivity index is -0.000000142. The van der Waals surface area contributed by atoms with Crippen molar-refractivity contribution in [1.29, 1.82) is 0 Å². The Bertz CT molecular complexity index is 392. The molecule has 0 saturated heterocycles. The molecule has 0 saturated carbocycles. The Labute approximate surface area is 207 Å². The third-order valence-electron chi connectivity index (χ3n) is 2.15. The minimum absolute atomic E-state index is 0. The van der Waals surface area contributed by atoms with E-state index in [-0.39, 0.29) is 82.5 Å². The first-order valence-corrected chi connectivity index (χ1v) is 7.70. The molecule has 148 valence electrons. The summed E-state index contributed by atoms with van der Waals surface area (Å²) in [6, 6.07) is 0. The summed E-state index contributed by atoms with van der Waals surface area (Å²) in [4.78, 5) is 10.3. The van der Waals surface area contributed by atoms with E-state index in [1.54, 1.807) is 31.2 Å². The van der Waals surface area contributed by atoms with Crippen LogP contribution in [0.25, 0.3) is 0 Å². The first-order valence-electron chi connectivity index (χ1n) is 7.16. The molecule has 0 fully saturated rings. The standard InChI is InChI=1S/C7H12N2O2.C4H9ClO2.C3H4N2.ClH.K.H2O/c10-4-6-11-5-3-9-2-1-8-7-9;5-1-3-7-4-2-6;1-2-5-3-4-1;;;/h1-2,7,10H,3-6H2;6H,1-4H2;1-3H,(H,4,5);1H;;1H2/q;;;;+1;/p-1. The largest absolute Gasteiger partial charge is 1.00 e. The van der Waals surface area contributed by atoms with Crippen molar-refractivity contribution >= 4 is 11.6 Å². The molecule has 0 aliphatic heterocycles. The summed E-state index contributed by atoms with van der Waals surface area (Å²) in [5.41, 5.74) is 0. The molecule has 0 amide bonds. The van der Waals surface area contributed by atoms with E-state index in [1.165, 1.54) is 0 Å². The van der Waals surface area contributed by atoms with E-state index in [9.17, 15) is 0 Å². The zero-order chi connectivity index (χ0) is 17.0. The maximum absolute atomic E-state index is 8.38. The van der Waals surface area contributed by atoms with Crippen molar-refractivity contribution in [2.45, 2.75) is 6.54 Å². The molecule has 2 heterocycles. The SMILES string of the molecule is O.OCCOCCCl.OCCOCCn1ccnc1.[Cl-].[K+].c1c[nH]cn1. The van der Waals surface area contributed by atoms with Crippen LogP contribution in [0.3, 0.4) is 0 Å². The summed E-state index contributed by atoms with van der Waals surface area (Å²) in [6.45, 7) is 2.92. The number of rotatable bonds is 9. The van der Waals surface area contributed by atoms with Crippen molar-refractivity contribution in [1.82, 2.24) is 19.5 Å². The Morgan fingerprint density at radius 2 is 1.65 bits per heavy atom. The Morgan fingerprint density at radius 3 is 2.04 bits per heavy atom. The number of nitrogens with one attached hydrogen (secondary N) is 1. The summed E-state index contributed by atoms with van der Waals surface area (Å²) in [6.07, 6.45) is 10.4. The zero-order valence-corrected chi connectivity index (χ0v) is 19.6. The van der Waals surface area contributed by atoms with Crippen molar-refractivity contribution in [2.75, 3.05) is 45.5 Å². The number of imidazole rings is 2. The first-order chi connectivity index (χ1) is 11.3. The number of aliphatic hydroxyl groups is 2. The van der Waals surface area contributed by atoms with Crippen LogP contribution in [-0.2, 0) is 16.0 Å². The van der Waals surface area contributed by atoms with Gasteiger partial charge in [0.2, 0.25) is 0 Å². The number of alkyl halides is 1. The van der Waals surface area contributed by atoms with E-state index in [4.69, 9.17) is 31.3 Å². The number of aromatic nitrogens is 4. The molecule has 2 aromatic heterocycles. The molecule has 0 unspecified atom stereocenters. The van der Waals surface area contributed by atoms with Gasteiger partial charge in [-0.25, -0.2) is 9.97 Å². The zero-order valence-electron chi connectivity index (χ0n) is 14.9. The second-order valence-corrected chi connectivity index (χ2v) is 4.30. The third kappa shape index (κ3) is 26.7. The van der Waals surface area contributed by atoms with Gasteiger partial charge in [0.05, 0.1) is 52.3 Å². The van der Waals surface area contributed by atoms with Gasteiger partial charge in [-0.15, -0.1) is 11.6 Å². The molecular formula is C14H27Cl2KN4O5. The summed E-state index contributed by atoms with van der Waals surface area (Å²) in [7, 11) is 0. The number of hydrogen-bond donors (Lipinski definition) is 3. The van der Waals surface area contributed by atoms with Gasteiger partial charge >= 0.3 is 51.4 Å². The van der Waals surface area contributed by atoms with Crippen LogP contribution in [0, 0.1) is 0 Å². The van der Waals surface area contributed by atoms with E-state index >= 15 is 0 Å². The maximum atomic E-state index is 8.38. The molecule has 0 aliphatic carbocycles. The number of ether oxygens (including phenoxy) is 2. The summed E-state index contributed by atoms with van der Waals surface area (Å²) < 4.78 is 11.7. The predicted molar refractivity (Wildman–Crippen MR) is 91.0 cm³/mol. The van der Waals surface area contributed by atoms with Crippen molar-refractivity contribution in [2.24, 2.45) is 0 Å². The summed E-state index contributed by atoms with van der Waals surface area (Å²) in [5.74, 6) is 0.500. The number of halogens is 2. The molecule has 12 heteroatoms. The molecule has 2 rings (SSSR count). The fourth-order valence-electron chi connectivity index (χ4n) is 1.19. The van der Waals surface area contributed by atoms with Gasteiger partial charge in [-0.1, -0.05) is 0 Å². The van der Waals surface area contributed by atoms with Crippen molar-refractivity contribution in [3.8, 4) is 0 Å². The Morgan fingerprint density at radius 1 is 1.00 bits per heavy atom. The summed E-state index contributed by atoms with van der Waals surface area (Å²) in [5, 5.41) is 16.5. The maximum Gasteiger partial charge on any atom is 1.00 e. The molecule has 0 bridgehead atoms. The number of hydrogen-bond acceptors (Lipinski definition) is 6. The number of H-pyrrole nitrogens is 1. The van der Waals surface area contributed by atoms with Crippen molar-refractivity contribution < 1.29 is 89.0 Å². The van der Waals surface area contributed by atoms with E-state index in [2.05, 4.69) is 15.0 Å². The van der Waals surface area contributed by atoms with Crippen molar-refractivity contribution in [3.05, 3.63) is 37.4 Å². The van der Waals surface area contributed by atoms with Crippen LogP contribution in [0.4, 0.5) is 0 Å². The van der Waals surface area contributed by atoms with Gasteiger partial charge in [-0.3, -0.25) is 0 Å². The average molecular weight is 441 g/mol. The van der Waals surface area contributed by atoms with Crippen LogP contribution in [0.2, 0.25) is 0 Å². The van der Waals surface area contributed by atoms with Crippen LogP contribution < -0.4 is 63.8 Å². The molecule has 0 atom stereocenters. The summed E-state index contributed by atoms with van der Waals surface area (Å²) >= 11 is 5.23. The smallest absolute Gasteiger partial charge is 1.00 e. The monoisotopic (exact) mass is 440 g/mol. The van der Waals surface area contributed by atoms with E-state index in [0.717, 1.165) is 6.54 Å². The van der Waals surface area contributed by atoms with Gasteiger partial charge < -0.3 is 47.1 Å². The first kappa shape index (κ1) is 34.0. The predicted octanol–water partition coefficient (Wildman–Crippen LogP) is -6.28. The van der Waals surface area contributed by atoms with Gasteiger partial charge in [0.25, 0.3) is 0 Å². The molecule has 0 aliphatic rings. The second kappa shape index (κ2) is 30.2. The molecule has 5 N–H and O–H groups in total. The fourth-order valence-corrected chi connectivity index (χ4v) is 1.30. The normalized spacial score (nSPS) is 8.42. The van der Waals surface area contributed by atoms with Gasteiger partial charge in [0.1, 0.15) is 0 Å². The minimum atomic E-state index is 0. The van der Waals surface area contributed by atoms with E-state index in [0.29, 0.717) is 32.3 Å². The number of aliphatic hydroxyl groups excluding tert-OH is 2. The fraction of sp³-hybridized carbons (Fsp3) is 0.571. The van der Waals surface area contributed by atoms with Gasteiger partial charge in [-0.2, -0.15) is 0 Å². The Hall–Kier alpha value is 0.436. The van der Waals surface area contributed by atoms with Gasteiger partial charge in [-0.05, 0) is 0 Å². The van der Waals surface area contributed by atoms with Crippen LogP contribution in [0.5, 0.6) is 0 Å². The van der Waals surface area contributed by atoms with E-state index in [1.807, 2.05) is 10.8 Å². The van der Waals surface area contributed by atoms with Crippen molar-refractivity contribution in [3.63, 3.8) is 0 Å². The molecule has 26 heavy (non-hydrogen) atoms. The topological polar surface area (TPSA) is 137 Å².